The Labute approximate surface area is 161 Å². The predicted octanol–water partition coefficient (Wildman–Crippen LogP) is 0.981. The molecule has 2 rings (SSSR count). The van der Waals surface area contributed by atoms with E-state index in [2.05, 4.69) is 20.5 Å². The van der Waals surface area contributed by atoms with Crippen LogP contribution in [0.4, 0.5) is 0 Å². The number of carbonyl (C=O) groups excluding carboxylic acids is 2. The number of amides is 1. The molecule has 0 aromatic carbocycles. The number of esters is 1. The maximum Gasteiger partial charge on any atom is 0.310 e. The van der Waals surface area contributed by atoms with Crippen molar-refractivity contribution in [1.82, 2.24) is 15.5 Å². The smallest absolute Gasteiger partial charge is 0.310 e. The summed E-state index contributed by atoms with van der Waals surface area (Å²) in [6.45, 7) is 4.98. The number of hydrogen-bond acceptors (Lipinski definition) is 4. The second kappa shape index (κ2) is 10.7. The molecule has 1 unspecified atom stereocenters. The van der Waals surface area contributed by atoms with E-state index in [0.717, 1.165) is 38.2 Å². The third kappa shape index (κ3) is 6.45. The minimum absolute atomic E-state index is 0. The largest absolute Gasteiger partial charge is 0.466 e. The number of piperidine rings is 1. The third-order valence-electron chi connectivity index (χ3n) is 4.21. The molecule has 0 aromatic rings. The minimum Gasteiger partial charge on any atom is -0.466 e. The van der Waals surface area contributed by atoms with Crippen molar-refractivity contribution in [3.63, 3.8) is 0 Å². The fourth-order valence-electron chi connectivity index (χ4n) is 2.80. The first-order valence-corrected chi connectivity index (χ1v) is 8.55. The van der Waals surface area contributed by atoms with E-state index in [-0.39, 0.29) is 47.7 Å². The molecule has 0 spiro atoms. The minimum atomic E-state index is -0.121. The van der Waals surface area contributed by atoms with Crippen LogP contribution in [0, 0.1) is 11.8 Å². The SMILES string of the molecule is CCOC(=O)C1CCCN(C(=NC)NCCNC(=O)C2CC2)C1.I. The van der Waals surface area contributed by atoms with Crippen LogP contribution in [0.3, 0.4) is 0 Å². The first-order valence-electron chi connectivity index (χ1n) is 8.55. The van der Waals surface area contributed by atoms with Gasteiger partial charge in [0.15, 0.2) is 5.96 Å². The molecule has 8 heteroatoms. The van der Waals surface area contributed by atoms with Gasteiger partial charge in [-0.3, -0.25) is 14.6 Å². The lowest BCUT2D eigenvalue weighted by Crippen LogP contribution is -2.49. The van der Waals surface area contributed by atoms with Gasteiger partial charge in [0.1, 0.15) is 0 Å². The summed E-state index contributed by atoms with van der Waals surface area (Å²) in [6, 6.07) is 0. The molecule has 7 nitrogen and oxygen atoms in total. The second-order valence-electron chi connectivity index (χ2n) is 6.08. The molecule has 0 aromatic heterocycles. The Hall–Kier alpha value is -1.06. The van der Waals surface area contributed by atoms with Crippen molar-refractivity contribution in [2.75, 3.05) is 39.8 Å². The molecule has 1 aliphatic heterocycles. The standard InChI is InChI=1S/C16H28N4O3.HI/c1-3-23-15(22)13-5-4-10-20(11-13)16(17-2)19-9-8-18-14(21)12-6-7-12;/h12-13H,3-11H2,1-2H3,(H,17,19)(H,18,21);1H. The van der Waals surface area contributed by atoms with Crippen LogP contribution in [-0.4, -0.2) is 62.6 Å². The number of hydrogen-bond donors (Lipinski definition) is 2. The molecule has 2 fully saturated rings. The van der Waals surface area contributed by atoms with E-state index in [0.29, 0.717) is 26.2 Å². The highest BCUT2D eigenvalue weighted by Gasteiger charge is 2.29. The maximum atomic E-state index is 11.9. The van der Waals surface area contributed by atoms with Crippen LogP contribution >= 0.6 is 24.0 Å². The lowest BCUT2D eigenvalue weighted by atomic mass is 9.98. The molecule has 1 amide bonds. The van der Waals surface area contributed by atoms with Gasteiger partial charge in [0.25, 0.3) is 0 Å². The van der Waals surface area contributed by atoms with Crippen LogP contribution in [0.25, 0.3) is 0 Å². The van der Waals surface area contributed by atoms with Gasteiger partial charge in [-0.25, -0.2) is 0 Å². The molecule has 2 aliphatic rings. The summed E-state index contributed by atoms with van der Waals surface area (Å²) in [5.74, 6) is 0.963. The maximum absolute atomic E-state index is 11.9. The van der Waals surface area contributed by atoms with E-state index < -0.39 is 0 Å². The number of nitrogens with one attached hydrogen (secondary N) is 2. The Morgan fingerprint density at radius 3 is 2.50 bits per heavy atom. The molecule has 0 bridgehead atoms. The van der Waals surface area contributed by atoms with Crippen LogP contribution < -0.4 is 10.6 Å². The van der Waals surface area contributed by atoms with Gasteiger partial charge < -0.3 is 20.3 Å². The predicted molar refractivity (Wildman–Crippen MR) is 103 cm³/mol. The topological polar surface area (TPSA) is 83.0 Å². The number of halogens is 1. The number of ether oxygens (including phenoxy) is 1. The summed E-state index contributed by atoms with van der Waals surface area (Å²) in [5.41, 5.74) is 0. The summed E-state index contributed by atoms with van der Waals surface area (Å²) in [4.78, 5) is 29.8. The van der Waals surface area contributed by atoms with E-state index in [1.807, 2.05) is 6.92 Å². The molecule has 0 radical (unpaired) electrons. The Morgan fingerprint density at radius 1 is 1.17 bits per heavy atom. The van der Waals surface area contributed by atoms with Crippen molar-refractivity contribution in [1.29, 1.82) is 0 Å². The second-order valence-corrected chi connectivity index (χ2v) is 6.08. The highest BCUT2D eigenvalue weighted by Crippen LogP contribution is 2.28. The van der Waals surface area contributed by atoms with Crippen molar-refractivity contribution in [3.8, 4) is 0 Å². The Kier molecular flexibility index (Phi) is 9.38. The summed E-state index contributed by atoms with van der Waals surface area (Å²) < 4.78 is 5.12. The van der Waals surface area contributed by atoms with Crippen LogP contribution in [0.2, 0.25) is 0 Å². The number of aliphatic imine (C=N–C) groups is 1. The molecule has 1 saturated carbocycles. The number of carbonyl (C=O) groups is 2. The number of rotatable bonds is 6. The molecule has 24 heavy (non-hydrogen) atoms. The lowest BCUT2D eigenvalue weighted by Gasteiger charge is -2.33. The van der Waals surface area contributed by atoms with E-state index in [4.69, 9.17) is 4.74 Å². The first-order chi connectivity index (χ1) is 11.2. The molecule has 1 aliphatic carbocycles. The summed E-state index contributed by atoms with van der Waals surface area (Å²) in [7, 11) is 1.74. The lowest BCUT2D eigenvalue weighted by molar-refractivity contribution is -0.149. The average Bonchev–Trinajstić information content (AvgIpc) is 3.40. The number of likely N-dealkylation sites (tertiary alicyclic amines) is 1. The van der Waals surface area contributed by atoms with Gasteiger partial charge in [0.2, 0.25) is 5.91 Å². The normalized spacial score (nSPS) is 20.8. The fourth-order valence-corrected chi connectivity index (χ4v) is 2.80. The van der Waals surface area contributed by atoms with Crippen molar-refractivity contribution in [2.24, 2.45) is 16.8 Å². The van der Waals surface area contributed by atoms with Crippen LogP contribution in [0.1, 0.15) is 32.6 Å². The molecular formula is C16H29IN4O3. The van der Waals surface area contributed by atoms with Crippen LogP contribution in [-0.2, 0) is 14.3 Å². The first kappa shape index (κ1) is 21.0. The Balaban J connectivity index is 0.00000288. The summed E-state index contributed by atoms with van der Waals surface area (Å²) in [5, 5.41) is 6.18. The van der Waals surface area contributed by atoms with Gasteiger partial charge in [0, 0.05) is 39.1 Å². The van der Waals surface area contributed by atoms with Gasteiger partial charge in [-0.05, 0) is 32.6 Å². The van der Waals surface area contributed by atoms with Crippen LogP contribution in [0.15, 0.2) is 4.99 Å². The van der Waals surface area contributed by atoms with Gasteiger partial charge in [-0.2, -0.15) is 0 Å². The highest BCUT2D eigenvalue weighted by atomic mass is 127. The van der Waals surface area contributed by atoms with Gasteiger partial charge in [-0.1, -0.05) is 0 Å². The molecule has 2 N–H and O–H groups in total. The molecule has 1 heterocycles. The Morgan fingerprint density at radius 2 is 1.88 bits per heavy atom. The molecule has 1 atom stereocenters. The Bertz CT molecular complexity index is 455. The molecule has 1 saturated heterocycles. The number of guanidine groups is 1. The van der Waals surface area contributed by atoms with Crippen molar-refractivity contribution < 1.29 is 14.3 Å². The van der Waals surface area contributed by atoms with E-state index in [1.165, 1.54) is 0 Å². The van der Waals surface area contributed by atoms with Crippen molar-refractivity contribution in [2.45, 2.75) is 32.6 Å². The van der Waals surface area contributed by atoms with E-state index in [9.17, 15) is 9.59 Å². The van der Waals surface area contributed by atoms with Gasteiger partial charge >= 0.3 is 5.97 Å². The van der Waals surface area contributed by atoms with Gasteiger partial charge in [0.05, 0.1) is 12.5 Å². The van der Waals surface area contributed by atoms with E-state index >= 15 is 0 Å². The summed E-state index contributed by atoms with van der Waals surface area (Å²) in [6.07, 6.45) is 3.85. The quantitative estimate of drug-likeness (QED) is 0.207. The molecule has 138 valence electrons. The van der Waals surface area contributed by atoms with Crippen molar-refractivity contribution >= 4 is 41.8 Å². The molecular weight excluding hydrogens is 423 g/mol. The zero-order valence-electron chi connectivity index (χ0n) is 14.5. The highest BCUT2D eigenvalue weighted by molar-refractivity contribution is 14.0. The number of nitrogens with zero attached hydrogens (tertiary/aromatic N) is 2. The van der Waals surface area contributed by atoms with Gasteiger partial charge in [-0.15, -0.1) is 24.0 Å². The van der Waals surface area contributed by atoms with Crippen molar-refractivity contribution in [3.05, 3.63) is 0 Å². The zero-order chi connectivity index (χ0) is 16.7. The van der Waals surface area contributed by atoms with Crippen LogP contribution in [0.5, 0.6) is 0 Å². The van der Waals surface area contributed by atoms with E-state index in [1.54, 1.807) is 7.05 Å². The third-order valence-corrected chi connectivity index (χ3v) is 4.21. The monoisotopic (exact) mass is 452 g/mol. The zero-order valence-corrected chi connectivity index (χ0v) is 16.9. The average molecular weight is 452 g/mol. The summed E-state index contributed by atoms with van der Waals surface area (Å²) >= 11 is 0. The fraction of sp³-hybridized carbons (Fsp3) is 0.812.